The van der Waals surface area contributed by atoms with E-state index in [0.29, 0.717) is 54.5 Å². The molecule has 4 rings (SSSR count). The Balaban J connectivity index is 1.43. The average Bonchev–Trinajstić information content (AvgIpc) is 3.43. The van der Waals surface area contributed by atoms with Gasteiger partial charge in [-0.25, -0.2) is 4.98 Å². The van der Waals surface area contributed by atoms with E-state index in [-0.39, 0.29) is 29.6 Å². The van der Waals surface area contributed by atoms with Gasteiger partial charge < -0.3 is 19.1 Å². The fourth-order valence-corrected chi connectivity index (χ4v) is 5.38. The Hall–Kier alpha value is -3.14. The number of aryl methyl sites for hydroxylation is 1. The number of hydrogen-bond acceptors (Lipinski definition) is 8. The van der Waals surface area contributed by atoms with Crippen LogP contribution in [0.2, 0.25) is 0 Å². The van der Waals surface area contributed by atoms with Crippen molar-refractivity contribution in [3.8, 4) is 11.5 Å². The van der Waals surface area contributed by atoms with Gasteiger partial charge in [0, 0.05) is 29.6 Å². The first-order valence-electron chi connectivity index (χ1n) is 10.8. The number of carbonyl (C=O) groups excluding carboxylic acids is 3. The van der Waals surface area contributed by atoms with Gasteiger partial charge in [0.25, 0.3) is 5.91 Å². The molecule has 2 heterocycles. The largest absolute Gasteiger partial charge is 0.497 e. The van der Waals surface area contributed by atoms with Crippen LogP contribution in [0, 0.1) is 5.92 Å². The van der Waals surface area contributed by atoms with Gasteiger partial charge in [0.2, 0.25) is 5.91 Å². The molecule has 33 heavy (non-hydrogen) atoms. The summed E-state index contributed by atoms with van der Waals surface area (Å²) < 4.78 is 15.3. The molecule has 10 heteroatoms. The molecule has 2 amide bonds. The zero-order valence-corrected chi connectivity index (χ0v) is 19.7. The average molecular weight is 474 g/mol. The summed E-state index contributed by atoms with van der Waals surface area (Å²) in [5, 5.41) is 3.30. The predicted molar refractivity (Wildman–Crippen MR) is 122 cm³/mol. The number of hydrogen-bond donors (Lipinski definition) is 1. The number of benzene rings is 1. The van der Waals surface area contributed by atoms with E-state index in [0.717, 1.165) is 17.0 Å². The van der Waals surface area contributed by atoms with Crippen molar-refractivity contribution in [2.24, 2.45) is 5.92 Å². The molecule has 9 nitrogen and oxygen atoms in total. The number of nitrogens with zero attached hydrogens (tertiary/aromatic N) is 2. The van der Waals surface area contributed by atoms with Gasteiger partial charge in [0.15, 0.2) is 5.13 Å². The highest BCUT2D eigenvalue weighted by molar-refractivity contribution is 7.16. The molecular weight excluding hydrogens is 446 g/mol. The number of thiazole rings is 1. The summed E-state index contributed by atoms with van der Waals surface area (Å²) in [7, 11) is 4.44. The van der Waals surface area contributed by atoms with E-state index in [9.17, 15) is 14.4 Å². The maximum absolute atomic E-state index is 13.2. The number of aromatic nitrogens is 1. The van der Waals surface area contributed by atoms with Gasteiger partial charge in [-0.05, 0) is 37.8 Å². The number of rotatable bonds is 6. The number of fused-ring (bicyclic) bond motifs is 1. The molecule has 1 saturated heterocycles. The Labute approximate surface area is 196 Å². The Morgan fingerprint density at radius 1 is 1.03 bits per heavy atom. The van der Waals surface area contributed by atoms with Gasteiger partial charge in [0.05, 0.1) is 38.9 Å². The van der Waals surface area contributed by atoms with Gasteiger partial charge in [-0.1, -0.05) is 0 Å². The van der Waals surface area contributed by atoms with Gasteiger partial charge in [0.1, 0.15) is 11.5 Å². The van der Waals surface area contributed by atoms with Crippen LogP contribution in [0.4, 0.5) is 5.13 Å². The smallest absolute Gasteiger partial charge is 0.308 e. The van der Waals surface area contributed by atoms with Crippen LogP contribution >= 0.6 is 11.3 Å². The van der Waals surface area contributed by atoms with Crippen LogP contribution in [0.1, 0.15) is 46.1 Å². The molecule has 2 aromatic rings. The third-order valence-electron chi connectivity index (χ3n) is 6.19. The van der Waals surface area contributed by atoms with E-state index in [4.69, 9.17) is 14.2 Å². The van der Waals surface area contributed by atoms with E-state index in [1.807, 2.05) is 4.90 Å². The van der Waals surface area contributed by atoms with E-state index in [1.54, 1.807) is 18.2 Å². The molecule has 1 aliphatic heterocycles. The Bertz CT molecular complexity index is 1040. The summed E-state index contributed by atoms with van der Waals surface area (Å²) in [6.45, 7) is 1.08. The van der Waals surface area contributed by atoms with Crippen molar-refractivity contribution in [2.75, 3.05) is 39.7 Å². The molecule has 1 unspecified atom stereocenters. The molecular formula is C23H27N3O6S. The van der Waals surface area contributed by atoms with E-state index < -0.39 is 0 Å². The molecule has 1 atom stereocenters. The number of methoxy groups -OCH3 is 3. The van der Waals surface area contributed by atoms with Gasteiger partial charge in [-0.15, -0.1) is 11.3 Å². The Kier molecular flexibility index (Phi) is 6.83. The molecule has 1 aromatic carbocycles. The number of esters is 1. The van der Waals surface area contributed by atoms with Crippen LogP contribution in [-0.2, 0) is 20.7 Å². The van der Waals surface area contributed by atoms with Crippen molar-refractivity contribution in [1.82, 2.24) is 9.88 Å². The molecule has 0 saturated carbocycles. The van der Waals surface area contributed by atoms with Crippen LogP contribution in [0.15, 0.2) is 18.2 Å². The standard InChI is InChI=1S/C23H27N3O6S/c1-30-15-10-14(11-16(12-15)31-2)20(27)25-23-24-19-17(4-5-18(19)33-23)21(28)26-8-6-13(7-9-26)22(29)32-3/h10-13,17H,4-9H2,1-3H3,(H,24,25,27). The number of ether oxygens (including phenoxy) is 3. The third kappa shape index (κ3) is 4.80. The summed E-state index contributed by atoms with van der Waals surface area (Å²) in [5.41, 5.74) is 1.14. The maximum Gasteiger partial charge on any atom is 0.308 e. The highest BCUT2D eigenvalue weighted by atomic mass is 32.1. The van der Waals surface area contributed by atoms with Crippen LogP contribution in [0.25, 0.3) is 0 Å². The van der Waals surface area contributed by atoms with Gasteiger partial charge in [-0.2, -0.15) is 0 Å². The molecule has 1 aromatic heterocycles. The van der Waals surface area contributed by atoms with Crippen molar-refractivity contribution in [1.29, 1.82) is 0 Å². The summed E-state index contributed by atoms with van der Waals surface area (Å²) >= 11 is 1.40. The maximum atomic E-state index is 13.2. The summed E-state index contributed by atoms with van der Waals surface area (Å²) in [6, 6.07) is 4.95. The fourth-order valence-electron chi connectivity index (χ4n) is 4.35. The molecule has 1 N–H and O–H groups in total. The minimum Gasteiger partial charge on any atom is -0.497 e. The monoisotopic (exact) mass is 473 g/mol. The molecule has 2 aliphatic rings. The van der Waals surface area contributed by atoms with E-state index in [2.05, 4.69) is 10.3 Å². The van der Waals surface area contributed by atoms with Crippen LogP contribution in [0.5, 0.6) is 11.5 Å². The Morgan fingerprint density at radius 3 is 2.30 bits per heavy atom. The molecule has 1 fully saturated rings. The van der Waals surface area contributed by atoms with Crippen molar-refractivity contribution >= 4 is 34.3 Å². The van der Waals surface area contributed by atoms with Crippen LogP contribution in [-0.4, -0.2) is 62.1 Å². The van der Waals surface area contributed by atoms with Gasteiger partial charge >= 0.3 is 5.97 Å². The topological polar surface area (TPSA) is 107 Å². The molecule has 1 aliphatic carbocycles. The van der Waals surface area contributed by atoms with E-state index >= 15 is 0 Å². The van der Waals surface area contributed by atoms with Crippen LogP contribution < -0.4 is 14.8 Å². The zero-order chi connectivity index (χ0) is 23.5. The summed E-state index contributed by atoms with van der Waals surface area (Å²) in [4.78, 5) is 45.1. The lowest BCUT2D eigenvalue weighted by atomic mass is 9.95. The molecule has 0 bridgehead atoms. The fraction of sp³-hybridized carbons (Fsp3) is 0.478. The first-order valence-corrected chi connectivity index (χ1v) is 11.7. The number of likely N-dealkylation sites (tertiary alicyclic amines) is 1. The number of anilines is 1. The first-order chi connectivity index (χ1) is 15.9. The zero-order valence-electron chi connectivity index (χ0n) is 18.9. The summed E-state index contributed by atoms with van der Waals surface area (Å²) in [6.07, 6.45) is 2.69. The van der Waals surface area contributed by atoms with Crippen LogP contribution in [0.3, 0.4) is 0 Å². The third-order valence-corrected chi connectivity index (χ3v) is 7.24. The van der Waals surface area contributed by atoms with Crippen molar-refractivity contribution < 1.29 is 28.6 Å². The number of nitrogens with one attached hydrogen (secondary N) is 1. The second kappa shape index (κ2) is 9.78. The molecule has 0 radical (unpaired) electrons. The quantitative estimate of drug-likeness (QED) is 0.643. The number of amides is 2. The second-order valence-corrected chi connectivity index (χ2v) is 9.18. The second-order valence-electron chi connectivity index (χ2n) is 8.10. The molecule has 176 valence electrons. The number of carbonyl (C=O) groups is 3. The predicted octanol–water partition coefficient (Wildman–Crippen LogP) is 2.85. The highest BCUT2D eigenvalue weighted by Crippen LogP contribution is 2.40. The highest BCUT2D eigenvalue weighted by Gasteiger charge is 2.37. The lowest BCUT2D eigenvalue weighted by Crippen LogP contribution is -2.42. The summed E-state index contributed by atoms with van der Waals surface area (Å²) in [5.74, 6) is 0.0810. The van der Waals surface area contributed by atoms with Crippen molar-refractivity contribution in [3.05, 3.63) is 34.3 Å². The SMILES string of the molecule is COC(=O)C1CCN(C(=O)C2CCc3sc(NC(=O)c4cc(OC)cc(OC)c4)nc32)CC1. The minimum absolute atomic E-state index is 0.0396. The Morgan fingerprint density at radius 2 is 1.70 bits per heavy atom. The molecule has 0 spiro atoms. The van der Waals surface area contributed by atoms with Crippen molar-refractivity contribution in [2.45, 2.75) is 31.6 Å². The van der Waals surface area contributed by atoms with E-state index in [1.165, 1.54) is 32.7 Å². The normalized spacial score (nSPS) is 17.9. The first kappa shape index (κ1) is 23.0. The van der Waals surface area contributed by atoms with Crippen molar-refractivity contribution in [3.63, 3.8) is 0 Å². The number of piperidine rings is 1. The minimum atomic E-state index is -0.326. The lowest BCUT2D eigenvalue weighted by molar-refractivity contribution is -0.149. The van der Waals surface area contributed by atoms with Gasteiger partial charge in [-0.3, -0.25) is 19.7 Å². The lowest BCUT2D eigenvalue weighted by Gasteiger charge is -2.32.